The van der Waals surface area contributed by atoms with Gasteiger partial charge in [-0.05, 0) is 41.8 Å². The highest BCUT2D eigenvalue weighted by atomic mass is 32.2. The van der Waals surface area contributed by atoms with Crippen molar-refractivity contribution in [1.82, 2.24) is 9.71 Å². The average Bonchev–Trinajstić information content (AvgIpc) is 2.74. The van der Waals surface area contributed by atoms with Gasteiger partial charge in [-0.25, -0.2) is 13.1 Å². The number of ether oxygens (including phenoxy) is 1. The van der Waals surface area contributed by atoms with Crippen LogP contribution in [-0.2, 0) is 14.8 Å². The smallest absolute Gasteiger partial charge is 0.266 e. The number of hydrogen-bond donors (Lipinski definition) is 1. The Kier molecular flexibility index (Phi) is 4.93. The number of nitrogens with zero attached hydrogens (tertiary/aromatic N) is 1. The van der Waals surface area contributed by atoms with Crippen LogP contribution in [0, 0.1) is 0 Å². The Morgan fingerprint density at radius 3 is 2.71 bits per heavy atom. The van der Waals surface area contributed by atoms with Crippen LogP contribution in [0.1, 0.15) is 22.3 Å². The van der Waals surface area contributed by atoms with Gasteiger partial charge in [0.1, 0.15) is 4.90 Å². The summed E-state index contributed by atoms with van der Waals surface area (Å²) in [5.74, 6) is -0.678. The van der Waals surface area contributed by atoms with Crippen LogP contribution >= 0.6 is 0 Å². The van der Waals surface area contributed by atoms with E-state index < -0.39 is 15.9 Å². The van der Waals surface area contributed by atoms with Crippen LogP contribution in [0.2, 0.25) is 0 Å². The molecule has 0 saturated carbocycles. The molecule has 2 aromatic carbocycles. The predicted molar refractivity (Wildman–Crippen MR) is 106 cm³/mol. The summed E-state index contributed by atoms with van der Waals surface area (Å²) in [6, 6.07) is 15.3. The number of fused-ring (bicyclic) bond motifs is 1. The highest BCUT2D eigenvalue weighted by Gasteiger charge is 2.22. The molecule has 6 nitrogen and oxygen atoms in total. The molecule has 142 valence electrons. The lowest BCUT2D eigenvalue weighted by Gasteiger charge is -2.14. The van der Waals surface area contributed by atoms with Crippen molar-refractivity contribution in [3.8, 4) is 0 Å². The Labute approximate surface area is 162 Å². The van der Waals surface area contributed by atoms with E-state index in [0.29, 0.717) is 24.1 Å². The predicted octanol–water partition coefficient (Wildman–Crippen LogP) is 3.16. The molecular weight excluding hydrogens is 376 g/mol. The van der Waals surface area contributed by atoms with Crippen LogP contribution in [0.25, 0.3) is 16.5 Å². The Hall–Kier alpha value is -3.03. The summed E-state index contributed by atoms with van der Waals surface area (Å²) in [5, 5.41) is 0.686. The number of hydrogen-bond acceptors (Lipinski definition) is 5. The van der Waals surface area contributed by atoms with Crippen molar-refractivity contribution in [3.63, 3.8) is 0 Å². The van der Waals surface area contributed by atoms with Crippen LogP contribution in [-0.4, -0.2) is 32.5 Å². The van der Waals surface area contributed by atoms with Crippen LogP contribution in [0.15, 0.2) is 71.8 Å². The number of nitrogens with one attached hydrogen (secondary N) is 1. The zero-order chi connectivity index (χ0) is 19.6. The van der Waals surface area contributed by atoms with Gasteiger partial charge < -0.3 is 4.74 Å². The van der Waals surface area contributed by atoms with Crippen molar-refractivity contribution in [2.75, 3.05) is 13.2 Å². The molecule has 0 atom stereocenters. The molecule has 7 heteroatoms. The molecule has 0 aliphatic carbocycles. The van der Waals surface area contributed by atoms with Crippen molar-refractivity contribution in [2.45, 2.75) is 11.3 Å². The normalized spacial score (nSPS) is 14.5. The number of carbonyl (C=O) groups excluding carboxylic acids is 1. The minimum Gasteiger partial charge on any atom is -0.377 e. The second-order valence-corrected chi connectivity index (χ2v) is 8.05. The quantitative estimate of drug-likeness (QED) is 0.735. The van der Waals surface area contributed by atoms with Crippen molar-refractivity contribution < 1.29 is 17.9 Å². The van der Waals surface area contributed by atoms with E-state index in [4.69, 9.17) is 4.74 Å². The summed E-state index contributed by atoms with van der Waals surface area (Å²) in [5.41, 5.74) is 2.58. The molecule has 0 fully saturated rings. The lowest BCUT2D eigenvalue weighted by atomic mass is 9.99. The SMILES string of the molecule is O=C(NS(=O)(=O)c1cccc2cccnc12)c1cccc(C2=CCOCC2)c1. The molecule has 1 aromatic heterocycles. The molecule has 0 spiro atoms. The highest BCUT2D eigenvalue weighted by molar-refractivity contribution is 7.90. The zero-order valence-corrected chi connectivity index (χ0v) is 15.8. The van der Waals surface area contributed by atoms with Gasteiger partial charge in [-0.15, -0.1) is 0 Å². The fourth-order valence-corrected chi connectivity index (χ4v) is 4.33. The standard InChI is InChI=1S/C21H18N2O4S/c24-21(18-6-1-5-17(14-18)15-9-12-27-13-10-15)23-28(25,26)19-8-2-4-16-7-3-11-22-20(16)19/h1-9,11,14H,10,12-13H2,(H,23,24). The first-order valence-corrected chi connectivity index (χ1v) is 10.3. The third-order valence-electron chi connectivity index (χ3n) is 4.57. The third kappa shape index (κ3) is 3.67. The van der Waals surface area contributed by atoms with Crippen molar-refractivity contribution in [2.24, 2.45) is 0 Å². The van der Waals surface area contributed by atoms with E-state index in [1.165, 1.54) is 12.3 Å². The van der Waals surface area contributed by atoms with Gasteiger partial charge in [-0.1, -0.05) is 36.4 Å². The van der Waals surface area contributed by atoms with E-state index in [2.05, 4.69) is 9.71 Å². The number of amides is 1. The number of aromatic nitrogens is 1. The number of rotatable bonds is 4. The molecule has 1 N–H and O–H groups in total. The van der Waals surface area contributed by atoms with Gasteiger partial charge in [0.15, 0.2) is 0 Å². The Balaban J connectivity index is 1.63. The number of para-hydroxylation sites is 1. The minimum atomic E-state index is -4.07. The monoisotopic (exact) mass is 394 g/mol. The Morgan fingerprint density at radius 2 is 1.89 bits per heavy atom. The van der Waals surface area contributed by atoms with Crippen molar-refractivity contribution in [1.29, 1.82) is 0 Å². The van der Waals surface area contributed by atoms with Crippen molar-refractivity contribution >= 4 is 32.4 Å². The maximum atomic E-state index is 12.8. The molecule has 0 unspecified atom stereocenters. The lowest BCUT2D eigenvalue weighted by molar-refractivity contribution is 0.0981. The van der Waals surface area contributed by atoms with E-state index in [0.717, 1.165) is 17.6 Å². The summed E-state index contributed by atoms with van der Waals surface area (Å²) in [7, 11) is -4.07. The summed E-state index contributed by atoms with van der Waals surface area (Å²) >= 11 is 0. The fraction of sp³-hybridized carbons (Fsp3) is 0.143. The van der Waals surface area contributed by atoms with E-state index in [1.54, 1.807) is 42.5 Å². The molecule has 2 heterocycles. The molecule has 1 aliphatic rings. The van der Waals surface area contributed by atoms with Crippen molar-refractivity contribution in [3.05, 3.63) is 78.0 Å². The van der Waals surface area contributed by atoms with Crippen LogP contribution in [0.5, 0.6) is 0 Å². The highest BCUT2D eigenvalue weighted by Crippen LogP contribution is 2.23. The molecule has 4 rings (SSSR count). The van der Waals surface area contributed by atoms with Crippen LogP contribution in [0.3, 0.4) is 0 Å². The topological polar surface area (TPSA) is 85.4 Å². The minimum absolute atomic E-state index is 0.0257. The maximum Gasteiger partial charge on any atom is 0.266 e. The molecular formula is C21H18N2O4S. The fourth-order valence-electron chi connectivity index (χ4n) is 3.18. The lowest BCUT2D eigenvalue weighted by Crippen LogP contribution is -2.30. The number of carbonyl (C=O) groups is 1. The van der Waals surface area contributed by atoms with Gasteiger partial charge in [0.2, 0.25) is 0 Å². The van der Waals surface area contributed by atoms with E-state index in [-0.39, 0.29) is 10.5 Å². The first-order valence-electron chi connectivity index (χ1n) is 8.83. The third-order valence-corrected chi connectivity index (χ3v) is 5.93. The van der Waals surface area contributed by atoms with Crippen LogP contribution < -0.4 is 4.72 Å². The summed E-state index contributed by atoms with van der Waals surface area (Å²) < 4.78 is 33.1. The second kappa shape index (κ2) is 7.53. The van der Waals surface area contributed by atoms with E-state index in [9.17, 15) is 13.2 Å². The number of benzene rings is 2. The van der Waals surface area contributed by atoms with Gasteiger partial charge in [0.05, 0.1) is 18.7 Å². The summed E-state index contributed by atoms with van der Waals surface area (Å²) in [6.07, 6.45) is 4.25. The number of sulfonamides is 1. The maximum absolute atomic E-state index is 12.8. The largest absolute Gasteiger partial charge is 0.377 e. The Morgan fingerprint density at radius 1 is 1.07 bits per heavy atom. The zero-order valence-electron chi connectivity index (χ0n) is 15.0. The molecule has 0 radical (unpaired) electrons. The first kappa shape index (κ1) is 18.3. The molecule has 0 bridgehead atoms. The Bertz CT molecular complexity index is 1180. The van der Waals surface area contributed by atoms with Gasteiger partial charge >= 0.3 is 0 Å². The van der Waals surface area contributed by atoms with Gasteiger partial charge in [0, 0.05) is 17.1 Å². The second-order valence-electron chi connectivity index (χ2n) is 6.40. The van der Waals surface area contributed by atoms with E-state index >= 15 is 0 Å². The van der Waals surface area contributed by atoms with Gasteiger partial charge in [-0.3, -0.25) is 9.78 Å². The summed E-state index contributed by atoms with van der Waals surface area (Å²) in [4.78, 5) is 16.8. The van der Waals surface area contributed by atoms with Gasteiger partial charge in [-0.2, -0.15) is 0 Å². The number of pyridine rings is 1. The van der Waals surface area contributed by atoms with Gasteiger partial charge in [0.25, 0.3) is 15.9 Å². The first-order chi connectivity index (χ1) is 13.5. The summed E-state index contributed by atoms with van der Waals surface area (Å²) in [6.45, 7) is 1.17. The average molecular weight is 394 g/mol. The van der Waals surface area contributed by atoms with E-state index in [1.807, 2.05) is 12.1 Å². The molecule has 3 aromatic rings. The molecule has 1 amide bonds. The molecule has 0 saturated heterocycles. The molecule has 1 aliphatic heterocycles. The van der Waals surface area contributed by atoms with Crippen LogP contribution in [0.4, 0.5) is 0 Å². The molecule has 28 heavy (non-hydrogen) atoms.